The lowest BCUT2D eigenvalue weighted by atomic mass is 10.0. The Hall–Kier alpha value is -2.18. The molecule has 0 aromatic carbocycles. The van der Waals surface area contributed by atoms with E-state index in [-0.39, 0.29) is 5.91 Å². The molecule has 20 heavy (non-hydrogen) atoms. The van der Waals surface area contributed by atoms with Crippen LogP contribution in [0.15, 0.2) is 18.7 Å². The number of aromatic nitrogens is 2. The molecule has 2 heterocycles. The molecule has 4 amide bonds. The van der Waals surface area contributed by atoms with E-state index in [1.807, 2.05) is 10.8 Å². The van der Waals surface area contributed by atoms with Crippen molar-refractivity contribution in [3.05, 3.63) is 18.7 Å². The van der Waals surface area contributed by atoms with Gasteiger partial charge in [0.15, 0.2) is 0 Å². The number of rotatable bonds is 5. The van der Waals surface area contributed by atoms with Crippen LogP contribution >= 0.6 is 0 Å². The summed E-state index contributed by atoms with van der Waals surface area (Å²) in [6, 6.07) is -0.583. The highest BCUT2D eigenvalue weighted by atomic mass is 16.2. The van der Waals surface area contributed by atoms with E-state index in [0.29, 0.717) is 25.8 Å². The van der Waals surface area contributed by atoms with E-state index in [4.69, 9.17) is 0 Å². The second kappa shape index (κ2) is 4.73. The second-order valence-corrected chi connectivity index (χ2v) is 5.31. The van der Waals surface area contributed by atoms with Gasteiger partial charge < -0.3 is 4.57 Å². The van der Waals surface area contributed by atoms with E-state index in [1.165, 1.54) is 4.90 Å². The van der Waals surface area contributed by atoms with Crippen LogP contribution in [-0.2, 0) is 16.1 Å². The highest BCUT2D eigenvalue weighted by Crippen LogP contribution is 2.48. The van der Waals surface area contributed by atoms with Gasteiger partial charge >= 0.3 is 6.03 Å². The van der Waals surface area contributed by atoms with E-state index in [9.17, 15) is 14.4 Å². The van der Waals surface area contributed by atoms with Crippen LogP contribution in [0.5, 0.6) is 0 Å². The summed E-state index contributed by atoms with van der Waals surface area (Å²) in [6.45, 7) is 1.15. The fourth-order valence-corrected chi connectivity index (χ4v) is 2.48. The largest absolute Gasteiger partial charge is 0.337 e. The number of hydrogen-bond acceptors (Lipinski definition) is 4. The molecule has 1 aliphatic carbocycles. The number of carbonyl (C=O) groups is 3. The van der Waals surface area contributed by atoms with Gasteiger partial charge in [-0.05, 0) is 25.7 Å². The molecule has 7 heteroatoms. The van der Waals surface area contributed by atoms with Crippen LogP contribution in [0.2, 0.25) is 0 Å². The van der Waals surface area contributed by atoms with Crippen molar-refractivity contribution >= 4 is 17.8 Å². The molecular formula is C13H16N4O3. The summed E-state index contributed by atoms with van der Waals surface area (Å²) in [4.78, 5) is 40.7. The molecular weight excluding hydrogens is 260 g/mol. The number of nitrogens with zero attached hydrogens (tertiary/aromatic N) is 3. The molecule has 0 unspecified atom stereocenters. The van der Waals surface area contributed by atoms with Gasteiger partial charge in [0.1, 0.15) is 5.41 Å². The monoisotopic (exact) mass is 276 g/mol. The zero-order chi connectivity index (χ0) is 14.2. The first kappa shape index (κ1) is 12.8. The molecule has 0 radical (unpaired) electrons. The quantitative estimate of drug-likeness (QED) is 0.627. The van der Waals surface area contributed by atoms with Crippen LogP contribution in [0, 0.1) is 5.41 Å². The Labute approximate surface area is 116 Å². The van der Waals surface area contributed by atoms with Crippen LogP contribution in [0.25, 0.3) is 0 Å². The second-order valence-electron chi connectivity index (χ2n) is 5.31. The van der Waals surface area contributed by atoms with Crippen molar-refractivity contribution < 1.29 is 14.4 Å². The van der Waals surface area contributed by atoms with Gasteiger partial charge in [-0.25, -0.2) is 9.78 Å². The average molecular weight is 276 g/mol. The van der Waals surface area contributed by atoms with Crippen molar-refractivity contribution in [2.75, 3.05) is 6.54 Å². The molecule has 7 nitrogen and oxygen atoms in total. The molecule has 2 fully saturated rings. The Morgan fingerprint density at radius 3 is 2.60 bits per heavy atom. The van der Waals surface area contributed by atoms with Gasteiger partial charge in [0.05, 0.1) is 6.33 Å². The van der Waals surface area contributed by atoms with E-state index in [0.717, 1.165) is 13.0 Å². The minimum absolute atomic E-state index is 0.325. The number of hydrogen-bond donors (Lipinski definition) is 1. The minimum atomic E-state index is -0.932. The van der Waals surface area contributed by atoms with Crippen molar-refractivity contribution in [2.45, 2.75) is 32.2 Å². The first-order chi connectivity index (χ1) is 9.63. The van der Waals surface area contributed by atoms with E-state index < -0.39 is 17.4 Å². The summed E-state index contributed by atoms with van der Waals surface area (Å²) < 4.78 is 1.95. The number of nitrogens with one attached hydrogen (secondary N) is 1. The maximum atomic E-state index is 12.2. The number of carbonyl (C=O) groups excluding carboxylic acids is 3. The van der Waals surface area contributed by atoms with E-state index in [1.54, 1.807) is 12.5 Å². The fraction of sp³-hybridized carbons (Fsp3) is 0.538. The normalized spacial score (nSPS) is 20.4. The van der Waals surface area contributed by atoms with E-state index >= 15 is 0 Å². The molecule has 1 aliphatic heterocycles. The third kappa shape index (κ3) is 2.09. The first-order valence-corrected chi connectivity index (χ1v) is 6.77. The van der Waals surface area contributed by atoms with Crippen LogP contribution < -0.4 is 5.32 Å². The summed E-state index contributed by atoms with van der Waals surface area (Å²) in [7, 11) is 0. The highest BCUT2D eigenvalue weighted by molar-refractivity contribution is 6.20. The van der Waals surface area contributed by atoms with Gasteiger partial charge in [-0.3, -0.25) is 19.8 Å². The Bertz CT molecular complexity index is 548. The van der Waals surface area contributed by atoms with Crippen molar-refractivity contribution in [1.29, 1.82) is 0 Å². The smallest absolute Gasteiger partial charge is 0.330 e. The fourth-order valence-electron chi connectivity index (χ4n) is 2.48. The number of amides is 4. The zero-order valence-electron chi connectivity index (χ0n) is 11.0. The highest BCUT2D eigenvalue weighted by Gasteiger charge is 2.61. The Morgan fingerprint density at radius 1 is 1.20 bits per heavy atom. The number of unbranched alkanes of at least 4 members (excludes halogenated alkanes) is 1. The lowest BCUT2D eigenvalue weighted by molar-refractivity contribution is -0.144. The summed E-state index contributed by atoms with van der Waals surface area (Å²) in [5.74, 6) is -0.754. The Morgan fingerprint density at radius 2 is 1.95 bits per heavy atom. The third-order valence-electron chi connectivity index (χ3n) is 3.91. The van der Waals surface area contributed by atoms with Crippen LogP contribution in [0.3, 0.4) is 0 Å². The van der Waals surface area contributed by atoms with Crippen molar-refractivity contribution in [3.8, 4) is 0 Å². The Kier molecular flexibility index (Phi) is 3.04. The van der Waals surface area contributed by atoms with Gasteiger partial charge in [-0.1, -0.05) is 0 Å². The van der Waals surface area contributed by atoms with Crippen molar-refractivity contribution in [3.63, 3.8) is 0 Å². The van der Waals surface area contributed by atoms with Gasteiger partial charge in [-0.2, -0.15) is 0 Å². The van der Waals surface area contributed by atoms with E-state index in [2.05, 4.69) is 10.3 Å². The summed E-state index contributed by atoms with van der Waals surface area (Å²) in [5, 5.41) is 2.28. The van der Waals surface area contributed by atoms with Crippen molar-refractivity contribution in [1.82, 2.24) is 19.8 Å². The van der Waals surface area contributed by atoms with Gasteiger partial charge in [-0.15, -0.1) is 0 Å². The van der Waals surface area contributed by atoms with Gasteiger partial charge in [0.25, 0.3) is 0 Å². The predicted molar refractivity (Wildman–Crippen MR) is 68.4 cm³/mol. The SMILES string of the molecule is O=C1NC(=O)C2(CC2)C(=O)N1CCCCn1ccnc1. The third-order valence-corrected chi connectivity index (χ3v) is 3.91. The number of urea groups is 1. The molecule has 0 bridgehead atoms. The predicted octanol–water partition coefficient (Wildman–Crippen LogP) is 0.522. The van der Waals surface area contributed by atoms with Crippen LogP contribution in [0.1, 0.15) is 25.7 Å². The standard InChI is InChI=1S/C13H16N4O3/c18-10-13(3-4-13)11(19)17(12(20)15-10)7-2-1-6-16-8-5-14-9-16/h5,8-9H,1-4,6-7H2,(H,15,18,20). The minimum Gasteiger partial charge on any atom is -0.337 e. The average Bonchev–Trinajstić information content (AvgIpc) is 3.07. The van der Waals surface area contributed by atoms with Gasteiger partial charge in [0.2, 0.25) is 11.8 Å². The molecule has 1 saturated carbocycles. The number of imidazole rings is 1. The molecule has 1 spiro atoms. The van der Waals surface area contributed by atoms with Gasteiger partial charge in [0, 0.05) is 25.5 Å². The van der Waals surface area contributed by atoms with Crippen LogP contribution in [0.4, 0.5) is 4.79 Å². The molecule has 0 atom stereocenters. The number of barbiturate groups is 1. The molecule has 3 rings (SSSR count). The molecule has 1 N–H and O–H groups in total. The lowest BCUT2D eigenvalue weighted by Gasteiger charge is -2.30. The maximum Gasteiger partial charge on any atom is 0.330 e. The number of aryl methyl sites for hydroxylation is 1. The molecule has 106 valence electrons. The lowest BCUT2D eigenvalue weighted by Crippen LogP contribution is -2.59. The molecule has 1 aromatic rings. The topological polar surface area (TPSA) is 84.3 Å². The summed E-state index contributed by atoms with van der Waals surface area (Å²) >= 11 is 0. The molecule has 1 saturated heterocycles. The maximum absolute atomic E-state index is 12.2. The molecule has 2 aliphatic rings. The number of imide groups is 2. The summed E-state index contributed by atoms with van der Waals surface area (Å²) in [5.41, 5.74) is -0.932. The molecule has 1 aromatic heterocycles. The van der Waals surface area contributed by atoms with Crippen molar-refractivity contribution in [2.24, 2.45) is 5.41 Å². The Balaban J connectivity index is 1.53. The first-order valence-electron chi connectivity index (χ1n) is 6.77. The summed E-state index contributed by atoms with van der Waals surface area (Å²) in [6.07, 6.45) is 7.97. The zero-order valence-corrected chi connectivity index (χ0v) is 11.0. The van der Waals surface area contributed by atoms with Crippen LogP contribution in [-0.4, -0.2) is 38.8 Å².